The van der Waals surface area contributed by atoms with Crippen LogP contribution in [-0.2, 0) is 0 Å². The quantitative estimate of drug-likeness (QED) is 0.746. The Balaban J connectivity index is 2.42. The molecular formula is C14H30N2O. The van der Waals surface area contributed by atoms with Crippen molar-refractivity contribution in [3.63, 3.8) is 0 Å². The molecule has 3 unspecified atom stereocenters. The Hall–Kier alpha value is -0.120. The lowest BCUT2D eigenvalue weighted by molar-refractivity contribution is 0.135. The van der Waals surface area contributed by atoms with Crippen LogP contribution in [0.1, 0.15) is 47.5 Å². The van der Waals surface area contributed by atoms with Crippen molar-refractivity contribution >= 4 is 0 Å². The molecule has 17 heavy (non-hydrogen) atoms. The van der Waals surface area contributed by atoms with Crippen LogP contribution in [0.25, 0.3) is 0 Å². The fourth-order valence-corrected chi connectivity index (χ4v) is 2.98. The Morgan fingerprint density at radius 3 is 2.47 bits per heavy atom. The summed E-state index contributed by atoms with van der Waals surface area (Å²) in [5.41, 5.74) is -0.139. The first-order valence-electron chi connectivity index (χ1n) is 6.99. The van der Waals surface area contributed by atoms with Crippen LogP contribution < -0.4 is 5.32 Å². The number of aliphatic hydroxyl groups excluding tert-OH is 1. The van der Waals surface area contributed by atoms with Gasteiger partial charge in [-0.2, -0.15) is 0 Å². The molecule has 1 rings (SSSR count). The van der Waals surface area contributed by atoms with Crippen LogP contribution in [0.4, 0.5) is 0 Å². The van der Waals surface area contributed by atoms with Gasteiger partial charge in [-0.3, -0.25) is 0 Å². The van der Waals surface area contributed by atoms with Gasteiger partial charge in [0.2, 0.25) is 0 Å². The highest BCUT2D eigenvalue weighted by Gasteiger charge is 2.29. The predicted molar refractivity (Wildman–Crippen MR) is 73.2 cm³/mol. The molecule has 0 radical (unpaired) electrons. The smallest absolute Gasteiger partial charge is 0.0611 e. The van der Waals surface area contributed by atoms with E-state index in [0.717, 1.165) is 18.9 Å². The van der Waals surface area contributed by atoms with Gasteiger partial charge in [0.25, 0.3) is 0 Å². The van der Waals surface area contributed by atoms with Crippen LogP contribution in [0, 0.1) is 5.92 Å². The van der Waals surface area contributed by atoms with Gasteiger partial charge in [0.05, 0.1) is 6.61 Å². The topological polar surface area (TPSA) is 35.5 Å². The van der Waals surface area contributed by atoms with Gasteiger partial charge in [-0.25, -0.2) is 0 Å². The number of nitrogens with one attached hydrogen (secondary N) is 1. The summed E-state index contributed by atoms with van der Waals surface area (Å²) in [5.74, 6) is 0.823. The van der Waals surface area contributed by atoms with E-state index in [1.165, 1.54) is 13.0 Å². The molecular weight excluding hydrogens is 212 g/mol. The highest BCUT2D eigenvalue weighted by molar-refractivity contribution is 4.87. The van der Waals surface area contributed by atoms with Gasteiger partial charge in [-0.15, -0.1) is 0 Å². The van der Waals surface area contributed by atoms with Crippen LogP contribution in [0.5, 0.6) is 0 Å². The van der Waals surface area contributed by atoms with Gasteiger partial charge in [0.1, 0.15) is 0 Å². The zero-order valence-corrected chi connectivity index (χ0v) is 12.2. The molecule has 0 aliphatic carbocycles. The summed E-state index contributed by atoms with van der Waals surface area (Å²) >= 11 is 0. The first-order valence-corrected chi connectivity index (χ1v) is 6.99. The van der Waals surface area contributed by atoms with Gasteiger partial charge in [0.15, 0.2) is 0 Å². The number of hydrogen-bond donors (Lipinski definition) is 2. The van der Waals surface area contributed by atoms with Crippen molar-refractivity contribution in [1.82, 2.24) is 10.2 Å². The van der Waals surface area contributed by atoms with Crippen molar-refractivity contribution in [3.05, 3.63) is 0 Å². The summed E-state index contributed by atoms with van der Waals surface area (Å²) in [6, 6.07) is 1.12. The molecule has 2 N–H and O–H groups in total. The van der Waals surface area contributed by atoms with Gasteiger partial charge < -0.3 is 15.3 Å². The molecule has 1 saturated heterocycles. The zero-order valence-electron chi connectivity index (χ0n) is 12.2. The van der Waals surface area contributed by atoms with Crippen molar-refractivity contribution in [3.8, 4) is 0 Å². The van der Waals surface area contributed by atoms with Crippen LogP contribution in [0.2, 0.25) is 0 Å². The molecule has 102 valence electrons. The van der Waals surface area contributed by atoms with Crippen molar-refractivity contribution in [2.45, 2.75) is 65.1 Å². The molecule has 1 aliphatic heterocycles. The largest absolute Gasteiger partial charge is 0.394 e. The maximum atomic E-state index is 9.54. The number of rotatable bonds is 6. The van der Waals surface area contributed by atoms with E-state index in [1.54, 1.807) is 0 Å². The number of aliphatic hydroxyl groups is 1. The highest BCUT2D eigenvalue weighted by atomic mass is 16.3. The number of hydrogen-bond acceptors (Lipinski definition) is 3. The Morgan fingerprint density at radius 2 is 2.06 bits per heavy atom. The fraction of sp³-hybridized carbons (Fsp3) is 1.00. The Morgan fingerprint density at radius 1 is 1.41 bits per heavy atom. The summed E-state index contributed by atoms with van der Waals surface area (Å²) in [5, 5.41) is 13.0. The van der Waals surface area contributed by atoms with E-state index < -0.39 is 0 Å². The van der Waals surface area contributed by atoms with Crippen LogP contribution in [-0.4, -0.2) is 47.3 Å². The Kier molecular flexibility index (Phi) is 5.42. The van der Waals surface area contributed by atoms with E-state index in [4.69, 9.17) is 0 Å². The zero-order chi connectivity index (χ0) is 13.1. The van der Waals surface area contributed by atoms with Gasteiger partial charge in [-0.1, -0.05) is 20.8 Å². The van der Waals surface area contributed by atoms with Crippen molar-refractivity contribution in [1.29, 1.82) is 0 Å². The maximum absolute atomic E-state index is 9.54. The molecule has 0 aromatic heterocycles. The average molecular weight is 242 g/mol. The minimum Gasteiger partial charge on any atom is -0.394 e. The fourth-order valence-electron chi connectivity index (χ4n) is 2.98. The van der Waals surface area contributed by atoms with Gasteiger partial charge >= 0.3 is 0 Å². The summed E-state index contributed by atoms with van der Waals surface area (Å²) in [7, 11) is 0. The van der Waals surface area contributed by atoms with Crippen LogP contribution >= 0.6 is 0 Å². The van der Waals surface area contributed by atoms with Crippen molar-refractivity contribution < 1.29 is 5.11 Å². The lowest BCUT2D eigenvalue weighted by Gasteiger charge is -2.33. The Bertz CT molecular complexity index is 232. The predicted octanol–water partition coefficient (Wildman–Crippen LogP) is 1.86. The molecule has 0 bridgehead atoms. The number of nitrogens with zero attached hydrogens (tertiary/aromatic N) is 1. The minimum atomic E-state index is -0.139. The standard InChI is InChI=1S/C14H30N2O/c1-11(2)15-14(5,10-17)6-7-16-9-12(3)8-13(16)4/h11-13,15,17H,6-10H2,1-5H3. The van der Waals surface area contributed by atoms with Crippen molar-refractivity contribution in [2.75, 3.05) is 19.7 Å². The molecule has 3 heteroatoms. The highest BCUT2D eigenvalue weighted by Crippen LogP contribution is 2.23. The van der Waals surface area contributed by atoms with E-state index in [0.29, 0.717) is 12.1 Å². The maximum Gasteiger partial charge on any atom is 0.0611 e. The second-order valence-corrected chi connectivity index (χ2v) is 6.45. The molecule has 1 aliphatic rings. The average Bonchev–Trinajstić information content (AvgIpc) is 2.53. The first-order chi connectivity index (χ1) is 7.86. The second kappa shape index (κ2) is 6.17. The Labute approximate surface area is 107 Å². The monoisotopic (exact) mass is 242 g/mol. The molecule has 0 aromatic rings. The molecule has 1 heterocycles. The van der Waals surface area contributed by atoms with Gasteiger partial charge in [0, 0.05) is 30.7 Å². The van der Waals surface area contributed by atoms with E-state index >= 15 is 0 Å². The van der Waals surface area contributed by atoms with E-state index in [2.05, 4.69) is 44.8 Å². The lowest BCUT2D eigenvalue weighted by atomic mass is 9.97. The molecule has 0 amide bonds. The molecule has 3 nitrogen and oxygen atoms in total. The molecule has 1 fully saturated rings. The molecule has 0 saturated carbocycles. The molecule has 3 atom stereocenters. The third-order valence-corrected chi connectivity index (χ3v) is 3.85. The summed E-state index contributed by atoms with van der Waals surface area (Å²) in [6.07, 6.45) is 2.33. The van der Waals surface area contributed by atoms with Crippen LogP contribution in [0.15, 0.2) is 0 Å². The summed E-state index contributed by atoms with van der Waals surface area (Å²) < 4.78 is 0. The third-order valence-electron chi connectivity index (χ3n) is 3.85. The van der Waals surface area contributed by atoms with E-state index in [1.807, 2.05) is 0 Å². The van der Waals surface area contributed by atoms with E-state index in [9.17, 15) is 5.11 Å². The number of likely N-dealkylation sites (tertiary alicyclic amines) is 1. The van der Waals surface area contributed by atoms with Crippen molar-refractivity contribution in [2.24, 2.45) is 5.92 Å². The molecule has 0 spiro atoms. The lowest BCUT2D eigenvalue weighted by Crippen LogP contribution is -2.51. The van der Waals surface area contributed by atoms with Gasteiger partial charge in [-0.05, 0) is 32.6 Å². The molecule has 0 aromatic carbocycles. The summed E-state index contributed by atoms with van der Waals surface area (Å²) in [6.45, 7) is 13.5. The SMILES string of the molecule is CC1CC(C)N(CCC(C)(CO)NC(C)C)C1. The first kappa shape index (κ1) is 14.9. The minimum absolute atomic E-state index is 0.139. The summed E-state index contributed by atoms with van der Waals surface area (Å²) in [4.78, 5) is 2.56. The third kappa shape index (κ3) is 4.57. The van der Waals surface area contributed by atoms with Crippen LogP contribution in [0.3, 0.4) is 0 Å². The van der Waals surface area contributed by atoms with E-state index in [-0.39, 0.29) is 12.1 Å². The normalized spacial score (nSPS) is 29.8. The second-order valence-electron chi connectivity index (χ2n) is 6.45.